The molecule has 1 aliphatic carbocycles. The first-order chi connectivity index (χ1) is 7.81. The summed E-state index contributed by atoms with van der Waals surface area (Å²) in [6.45, 7) is 0.361. The molecule has 90 valence electrons. The van der Waals surface area contributed by atoms with Crippen molar-refractivity contribution in [2.45, 2.75) is 38.2 Å². The highest BCUT2D eigenvalue weighted by molar-refractivity contribution is 5.97. The van der Waals surface area contributed by atoms with Crippen LogP contribution in [0.3, 0.4) is 0 Å². The molecule has 0 spiro atoms. The van der Waals surface area contributed by atoms with E-state index in [4.69, 9.17) is 20.5 Å². The SMILES string of the molecule is BOCOC1CCCC(C=N)/C(=C\N)CC1. The molecule has 0 saturated heterocycles. The van der Waals surface area contributed by atoms with E-state index >= 15 is 0 Å². The Bertz CT molecular complexity index is 246. The average molecular weight is 224 g/mol. The Morgan fingerprint density at radius 3 is 2.88 bits per heavy atom. The summed E-state index contributed by atoms with van der Waals surface area (Å²) in [4.78, 5) is 0. The smallest absolute Gasteiger partial charge is 0.260 e. The van der Waals surface area contributed by atoms with Crippen molar-refractivity contribution in [3.05, 3.63) is 11.8 Å². The maximum absolute atomic E-state index is 7.39. The second kappa shape index (κ2) is 7.47. The molecular formula is C11H21BN2O2. The van der Waals surface area contributed by atoms with E-state index in [0.717, 1.165) is 32.1 Å². The zero-order valence-electron chi connectivity index (χ0n) is 9.95. The van der Waals surface area contributed by atoms with Crippen molar-refractivity contribution in [1.82, 2.24) is 0 Å². The third-order valence-electron chi connectivity index (χ3n) is 3.11. The van der Waals surface area contributed by atoms with Crippen LogP contribution in [0.2, 0.25) is 0 Å². The first-order valence-corrected chi connectivity index (χ1v) is 5.83. The summed E-state index contributed by atoms with van der Waals surface area (Å²) in [7, 11) is 1.64. The van der Waals surface area contributed by atoms with Gasteiger partial charge in [-0.05, 0) is 43.9 Å². The van der Waals surface area contributed by atoms with Gasteiger partial charge in [0, 0.05) is 12.1 Å². The van der Waals surface area contributed by atoms with Gasteiger partial charge in [-0.3, -0.25) is 0 Å². The largest absolute Gasteiger partial charge is 0.423 e. The molecule has 1 saturated carbocycles. The van der Waals surface area contributed by atoms with Crippen molar-refractivity contribution in [3.8, 4) is 0 Å². The van der Waals surface area contributed by atoms with E-state index in [2.05, 4.69) is 0 Å². The van der Waals surface area contributed by atoms with Gasteiger partial charge in [0.2, 0.25) is 0 Å². The molecule has 5 heteroatoms. The summed E-state index contributed by atoms with van der Waals surface area (Å²) >= 11 is 0. The Morgan fingerprint density at radius 1 is 1.44 bits per heavy atom. The highest BCUT2D eigenvalue weighted by Crippen LogP contribution is 2.26. The number of nitrogens with two attached hydrogens (primary N) is 1. The van der Waals surface area contributed by atoms with E-state index in [-0.39, 0.29) is 12.0 Å². The lowest BCUT2D eigenvalue weighted by molar-refractivity contribution is -0.0413. The molecule has 2 atom stereocenters. The van der Waals surface area contributed by atoms with Gasteiger partial charge < -0.3 is 20.5 Å². The third kappa shape index (κ3) is 3.98. The normalized spacial score (nSPS) is 29.6. The van der Waals surface area contributed by atoms with Crippen LogP contribution < -0.4 is 5.73 Å². The van der Waals surface area contributed by atoms with Crippen LogP contribution in [0.1, 0.15) is 32.1 Å². The van der Waals surface area contributed by atoms with Gasteiger partial charge in [0.05, 0.1) is 6.10 Å². The van der Waals surface area contributed by atoms with Gasteiger partial charge in [-0.25, -0.2) is 0 Å². The standard InChI is InChI=1S/C11H21BN2O2/c12-16-8-15-11-3-1-2-9(6-13)10(7-14)4-5-11/h6-7,9,11,13H,1-5,8,12,14H2/b10-7-,13-6?. The molecule has 0 aromatic heterocycles. The quantitative estimate of drug-likeness (QED) is 0.424. The van der Waals surface area contributed by atoms with Crippen LogP contribution in [0.15, 0.2) is 11.8 Å². The summed E-state index contributed by atoms with van der Waals surface area (Å²) < 4.78 is 10.5. The van der Waals surface area contributed by atoms with Crippen molar-refractivity contribution in [2.75, 3.05) is 6.79 Å². The maximum atomic E-state index is 7.39. The second-order valence-electron chi connectivity index (χ2n) is 4.18. The van der Waals surface area contributed by atoms with Crippen molar-refractivity contribution < 1.29 is 9.39 Å². The molecule has 0 heterocycles. The van der Waals surface area contributed by atoms with Crippen molar-refractivity contribution in [2.24, 2.45) is 11.7 Å². The Kier molecular flexibility index (Phi) is 6.19. The Hall–Kier alpha value is -0.805. The summed E-state index contributed by atoms with van der Waals surface area (Å²) in [5, 5.41) is 7.39. The second-order valence-corrected chi connectivity index (χ2v) is 4.18. The van der Waals surface area contributed by atoms with Gasteiger partial charge in [0.1, 0.15) is 6.79 Å². The molecule has 3 N–H and O–H groups in total. The first-order valence-electron chi connectivity index (χ1n) is 5.83. The number of allylic oxidation sites excluding steroid dienone is 1. The van der Waals surface area contributed by atoms with Crippen molar-refractivity contribution in [3.63, 3.8) is 0 Å². The molecule has 16 heavy (non-hydrogen) atoms. The molecule has 1 fully saturated rings. The summed E-state index contributed by atoms with van der Waals surface area (Å²) in [5.74, 6) is 0.230. The Morgan fingerprint density at radius 2 is 2.25 bits per heavy atom. The monoisotopic (exact) mass is 224 g/mol. The molecule has 0 bridgehead atoms. The fourth-order valence-electron chi connectivity index (χ4n) is 2.14. The third-order valence-corrected chi connectivity index (χ3v) is 3.11. The zero-order valence-corrected chi connectivity index (χ0v) is 9.95. The van der Waals surface area contributed by atoms with Crippen molar-refractivity contribution in [1.29, 1.82) is 5.41 Å². The van der Waals surface area contributed by atoms with Gasteiger partial charge >= 0.3 is 0 Å². The Balaban J connectivity index is 2.48. The predicted octanol–water partition coefficient (Wildman–Crippen LogP) is 0.966. The van der Waals surface area contributed by atoms with Crippen LogP contribution in [0.25, 0.3) is 0 Å². The minimum absolute atomic E-state index is 0.230. The number of hydrogen-bond donors (Lipinski definition) is 2. The van der Waals surface area contributed by atoms with E-state index in [1.54, 1.807) is 14.2 Å². The first kappa shape index (κ1) is 13.3. The van der Waals surface area contributed by atoms with Crippen LogP contribution >= 0.6 is 0 Å². The van der Waals surface area contributed by atoms with E-state index in [0.29, 0.717) is 6.79 Å². The molecule has 0 aromatic rings. The average Bonchev–Trinajstić information content (AvgIpc) is 2.28. The van der Waals surface area contributed by atoms with Crippen LogP contribution in [0.4, 0.5) is 0 Å². The zero-order chi connectivity index (χ0) is 11.8. The molecule has 0 amide bonds. The van der Waals surface area contributed by atoms with Gasteiger partial charge in [-0.15, -0.1) is 0 Å². The molecule has 2 unspecified atom stereocenters. The number of rotatable bonds is 4. The lowest BCUT2D eigenvalue weighted by Gasteiger charge is -2.24. The van der Waals surface area contributed by atoms with Gasteiger partial charge in [0.15, 0.2) is 0 Å². The van der Waals surface area contributed by atoms with E-state index in [1.807, 2.05) is 0 Å². The van der Waals surface area contributed by atoms with Gasteiger partial charge in [-0.2, -0.15) is 0 Å². The van der Waals surface area contributed by atoms with Gasteiger partial charge in [0.25, 0.3) is 8.05 Å². The highest BCUT2D eigenvalue weighted by Gasteiger charge is 2.19. The summed E-state index contributed by atoms with van der Waals surface area (Å²) in [6.07, 6.45) is 8.45. The molecule has 0 aromatic carbocycles. The molecule has 1 aliphatic rings. The topological polar surface area (TPSA) is 68.3 Å². The lowest BCUT2D eigenvalue weighted by Crippen LogP contribution is -2.20. The van der Waals surface area contributed by atoms with Crippen LogP contribution in [0, 0.1) is 11.3 Å². The van der Waals surface area contributed by atoms with E-state index in [9.17, 15) is 0 Å². The molecule has 0 aliphatic heterocycles. The fraction of sp³-hybridized carbons (Fsp3) is 0.727. The molecule has 1 rings (SSSR count). The molecule has 0 radical (unpaired) electrons. The number of ether oxygens (including phenoxy) is 1. The summed E-state index contributed by atoms with van der Waals surface area (Å²) in [5.41, 5.74) is 6.77. The lowest BCUT2D eigenvalue weighted by atomic mass is 9.87. The number of hydrogen-bond acceptors (Lipinski definition) is 4. The fourth-order valence-corrected chi connectivity index (χ4v) is 2.14. The number of nitrogens with one attached hydrogen (secondary N) is 1. The summed E-state index contributed by atoms with van der Waals surface area (Å²) in [6, 6.07) is 0. The van der Waals surface area contributed by atoms with Crippen LogP contribution in [0.5, 0.6) is 0 Å². The molecular weight excluding hydrogens is 203 g/mol. The van der Waals surface area contributed by atoms with E-state index in [1.165, 1.54) is 11.8 Å². The van der Waals surface area contributed by atoms with E-state index < -0.39 is 0 Å². The highest BCUT2D eigenvalue weighted by atomic mass is 16.6. The Labute approximate surface area is 98.1 Å². The van der Waals surface area contributed by atoms with Crippen LogP contribution in [-0.4, -0.2) is 27.2 Å². The predicted molar refractivity (Wildman–Crippen MR) is 67.0 cm³/mol. The van der Waals surface area contributed by atoms with Crippen LogP contribution in [-0.2, 0) is 9.39 Å². The molecule has 4 nitrogen and oxygen atoms in total. The minimum atomic E-state index is 0.230. The maximum Gasteiger partial charge on any atom is 0.260 e. The van der Waals surface area contributed by atoms with Crippen molar-refractivity contribution >= 4 is 14.3 Å². The minimum Gasteiger partial charge on any atom is -0.423 e. The van der Waals surface area contributed by atoms with Gasteiger partial charge in [-0.1, -0.05) is 0 Å².